The molecule has 0 bridgehead atoms. The van der Waals surface area contributed by atoms with Gasteiger partial charge in [0.25, 0.3) is 0 Å². The van der Waals surface area contributed by atoms with Gasteiger partial charge in [0.2, 0.25) is 0 Å². The maximum absolute atomic E-state index is 14.0. The number of benzene rings is 1. The maximum Gasteiger partial charge on any atom is 0.134 e. The van der Waals surface area contributed by atoms with Gasteiger partial charge in [-0.2, -0.15) is 0 Å². The van der Waals surface area contributed by atoms with Gasteiger partial charge >= 0.3 is 0 Å². The number of hydrogen-bond donors (Lipinski definition) is 0. The molecule has 3 rings (SSSR count). The van der Waals surface area contributed by atoms with Crippen LogP contribution in [-0.4, -0.2) is 15.0 Å². The van der Waals surface area contributed by atoms with Crippen molar-refractivity contribution in [2.24, 2.45) is 0 Å². The Balaban J connectivity index is 2.30. The first-order valence-corrected chi connectivity index (χ1v) is 6.07. The van der Waals surface area contributed by atoms with E-state index in [1.165, 1.54) is 6.07 Å². The third kappa shape index (κ3) is 2.15. The quantitative estimate of drug-likeness (QED) is 0.677. The van der Waals surface area contributed by atoms with Gasteiger partial charge in [0.15, 0.2) is 0 Å². The van der Waals surface area contributed by atoms with Crippen molar-refractivity contribution < 1.29 is 4.39 Å². The molecule has 0 amide bonds. The molecule has 1 aromatic carbocycles. The predicted molar refractivity (Wildman–Crippen MR) is 72.5 cm³/mol. The van der Waals surface area contributed by atoms with E-state index in [-0.39, 0.29) is 0 Å². The number of aromatic nitrogens is 3. The van der Waals surface area contributed by atoms with Crippen LogP contribution in [0.2, 0.25) is 5.02 Å². The Bertz CT molecular complexity index is 774. The monoisotopic (exact) mass is 273 g/mol. The average molecular weight is 274 g/mol. The summed E-state index contributed by atoms with van der Waals surface area (Å²) in [6.45, 7) is 1.86. The molecule has 0 aliphatic rings. The van der Waals surface area contributed by atoms with Crippen LogP contribution in [0.3, 0.4) is 0 Å². The van der Waals surface area contributed by atoms with E-state index in [0.29, 0.717) is 27.3 Å². The van der Waals surface area contributed by atoms with Crippen LogP contribution >= 0.6 is 11.6 Å². The first-order valence-electron chi connectivity index (χ1n) is 5.69. The summed E-state index contributed by atoms with van der Waals surface area (Å²) in [5, 5.41) is 0.350. The second kappa shape index (κ2) is 4.55. The van der Waals surface area contributed by atoms with Crippen molar-refractivity contribution in [1.29, 1.82) is 0 Å². The van der Waals surface area contributed by atoms with Crippen molar-refractivity contribution in [3.8, 4) is 11.3 Å². The van der Waals surface area contributed by atoms with E-state index in [1.807, 2.05) is 6.92 Å². The molecular weight excluding hydrogens is 265 g/mol. The van der Waals surface area contributed by atoms with Crippen LogP contribution in [-0.2, 0) is 0 Å². The van der Waals surface area contributed by atoms with Gasteiger partial charge in [0.05, 0.1) is 11.2 Å². The normalized spacial score (nSPS) is 10.9. The Morgan fingerprint density at radius 1 is 1.16 bits per heavy atom. The Hall–Kier alpha value is -2.07. The van der Waals surface area contributed by atoms with E-state index in [0.717, 1.165) is 5.69 Å². The van der Waals surface area contributed by atoms with E-state index in [4.69, 9.17) is 11.6 Å². The predicted octanol–water partition coefficient (Wildman–Crippen LogP) is 3.79. The lowest BCUT2D eigenvalue weighted by atomic mass is 10.1. The lowest BCUT2D eigenvalue weighted by Gasteiger charge is -2.06. The lowest BCUT2D eigenvalue weighted by Crippen LogP contribution is -1.94. The third-order valence-electron chi connectivity index (χ3n) is 2.77. The van der Waals surface area contributed by atoms with Gasteiger partial charge < -0.3 is 0 Å². The smallest absolute Gasteiger partial charge is 0.134 e. The fourth-order valence-corrected chi connectivity index (χ4v) is 2.08. The molecule has 19 heavy (non-hydrogen) atoms. The zero-order chi connectivity index (χ0) is 13.4. The lowest BCUT2D eigenvalue weighted by molar-refractivity contribution is 0.631. The summed E-state index contributed by atoms with van der Waals surface area (Å²) < 4.78 is 14.0. The van der Waals surface area contributed by atoms with Gasteiger partial charge in [-0.3, -0.25) is 9.97 Å². The summed E-state index contributed by atoms with van der Waals surface area (Å²) in [6, 6.07) is 6.24. The SMILES string of the molecule is Cc1cnc2c(-c3ccc(Cl)cc3F)nccc2n1. The van der Waals surface area contributed by atoms with Crippen LogP contribution in [0.5, 0.6) is 0 Å². The van der Waals surface area contributed by atoms with Crippen LogP contribution in [0.4, 0.5) is 4.39 Å². The van der Waals surface area contributed by atoms with Crippen molar-refractivity contribution in [1.82, 2.24) is 15.0 Å². The van der Waals surface area contributed by atoms with E-state index < -0.39 is 5.82 Å². The second-order valence-electron chi connectivity index (χ2n) is 4.16. The number of hydrogen-bond acceptors (Lipinski definition) is 3. The van der Waals surface area contributed by atoms with E-state index in [1.54, 1.807) is 30.6 Å². The number of aryl methyl sites for hydroxylation is 1. The summed E-state index contributed by atoms with van der Waals surface area (Å²) in [7, 11) is 0. The largest absolute Gasteiger partial charge is 0.254 e. The Labute approximate surface area is 114 Å². The summed E-state index contributed by atoms with van der Waals surface area (Å²) in [5.41, 5.74) is 2.92. The van der Waals surface area contributed by atoms with E-state index >= 15 is 0 Å². The van der Waals surface area contributed by atoms with Crippen molar-refractivity contribution >= 4 is 22.6 Å². The molecule has 0 radical (unpaired) electrons. The molecule has 3 nitrogen and oxygen atoms in total. The van der Waals surface area contributed by atoms with Gasteiger partial charge in [0.1, 0.15) is 17.0 Å². The Kier molecular flexibility index (Phi) is 2.87. The van der Waals surface area contributed by atoms with Crippen LogP contribution in [0.15, 0.2) is 36.7 Å². The first-order chi connectivity index (χ1) is 9.15. The van der Waals surface area contributed by atoms with Crippen molar-refractivity contribution in [2.45, 2.75) is 6.92 Å². The van der Waals surface area contributed by atoms with Gasteiger partial charge in [-0.25, -0.2) is 9.37 Å². The molecule has 2 aromatic heterocycles. The second-order valence-corrected chi connectivity index (χ2v) is 4.60. The molecule has 0 saturated carbocycles. The number of nitrogens with zero attached hydrogens (tertiary/aromatic N) is 3. The highest BCUT2D eigenvalue weighted by atomic mass is 35.5. The standard InChI is InChI=1S/C14H9ClFN3/c1-8-7-18-14-12(19-8)4-5-17-13(14)10-3-2-9(15)6-11(10)16/h2-7H,1H3. The molecule has 0 fully saturated rings. The Morgan fingerprint density at radius 3 is 2.79 bits per heavy atom. The molecule has 0 atom stereocenters. The number of rotatable bonds is 1. The zero-order valence-corrected chi connectivity index (χ0v) is 10.8. The molecule has 0 unspecified atom stereocenters. The molecule has 0 N–H and O–H groups in total. The Morgan fingerprint density at radius 2 is 2.00 bits per heavy atom. The van der Waals surface area contributed by atoms with Crippen molar-refractivity contribution in [3.05, 3.63) is 53.2 Å². The molecule has 2 heterocycles. The molecule has 5 heteroatoms. The molecule has 0 spiro atoms. The molecule has 94 valence electrons. The fraction of sp³-hybridized carbons (Fsp3) is 0.0714. The van der Waals surface area contributed by atoms with Crippen molar-refractivity contribution in [3.63, 3.8) is 0 Å². The third-order valence-corrected chi connectivity index (χ3v) is 3.00. The minimum absolute atomic E-state index is 0.350. The van der Waals surface area contributed by atoms with E-state index in [9.17, 15) is 4.39 Å². The van der Waals surface area contributed by atoms with Gasteiger partial charge in [-0.15, -0.1) is 0 Å². The topological polar surface area (TPSA) is 38.7 Å². The zero-order valence-electron chi connectivity index (χ0n) is 10.1. The maximum atomic E-state index is 14.0. The molecule has 0 aliphatic heterocycles. The van der Waals surface area contributed by atoms with E-state index in [2.05, 4.69) is 15.0 Å². The summed E-state index contributed by atoms with van der Waals surface area (Å²) >= 11 is 5.76. The summed E-state index contributed by atoms with van der Waals surface area (Å²) in [4.78, 5) is 12.9. The molecule has 0 saturated heterocycles. The number of halogens is 2. The summed E-state index contributed by atoms with van der Waals surface area (Å²) in [5.74, 6) is -0.421. The number of fused-ring (bicyclic) bond motifs is 1. The molecular formula is C14H9ClFN3. The highest BCUT2D eigenvalue weighted by Crippen LogP contribution is 2.28. The van der Waals surface area contributed by atoms with Crippen LogP contribution in [0.25, 0.3) is 22.3 Å². The minimum Gasteiger partial charge on any atom is -0.254 e. The van der Waals surface area contributed by atoms with Crippen molar-refractivity contribution in [2.75, 3.05) is 0 Å². The molecule has 3 aromatic rings. The summed E-state index contributed by atoms with van der Waals surface area (Å²) in [6.07, 6.45) is 3.24. The minimum atomic E-state index is -0.421. The number of pyridine rings is 1. The van der Waals surface area contributed by atoms with Crippen LogP contribution in [0.1, 0.15) is 5.69 Å². The highest BCUT2D eigenvalue weighted by Gasteiger charge is 2.12. The highest BCUT2D eigenvalue weighted by molar-refractivity contribution is 6.30. The van der Waals surface area contributed by atoms with Gasteiger partial charge in [-0.05, 0) is 31.2 Å². The fourth-order valence-electron chi connectivity index (χ4n) is 1.92. The van der Waals surface area contributed by atoms with Crippen LogP contribution in [0, 0.1) is 12.7 Å². The van der Waals surface area contributed by atoms with Crippen LogP contribution < -0.4 is 0 Å². The van der Waals surface area contributed by atoms with Gasteiger partial charge in [-0.1, -0.05) is 11.6 Å². The average Bonchev–Trinajstić information content (AvgIpc) is 2.38. The molecule has 0 aliphatic carbocycles. The first kappa shape index (κ1) is 12.0. The van der Waals surface area contributed by atoms with Gasteiger partial charge in [0, 0.05) is 23.0 Å².